The number of nitrogens with zero attached hydrogens (tertiary/aromatic N) is 2. The molecule has 0 aromatic heterocycles. The van der Waals surface area contributed by atoms with E-state index in [1.54, 1.807) is 0 Å². The highest BCUT2D eigenvalue weighted by atomic mass is 31.2. The van der Waals surface area contributed by atoms with Crippen molar-refractivity contribution in [1.29, 1.82) is 0 Å². The Bertz CT molecular complexity index is 2390. The third-order valence-corrected chi connectivity index (χ3v) is 16.9. The second kappa shape index (κ2) is 17.2. The van der Waals surface area contributed by atoms with Gasteiger partial charge in [0.05, 0.1) is 36.6 Å². The van der Waals surface area contributed by atoms with E-state index in [0.29, 0.717) is 0 Å². The summed E-state index contributed by atoms with van der Waals surface area (Å²) in [6, 6.07) is 80.2. The Morgan fingerprint density at radius 1 is 0.250 bits per heavy atom. The third-order valence-electron chi connectivity index (χ3n) is 9.56. The maximum Gasteiger partial charge on any atom is 0.0782 e. The number of benzene rings is 8. The van der Waals surface area contributed by atoms with Crippen LogP contribution in [-0.2, 0) is 0 Å². The largest absolute Gasteiger partial charge is 0.253 e. The molecule has 0 aliphatic heterocycles. The molecular weight excluding hydrogens is 715 g/mol. The van der Waals surface area contributed by atoms with Crippen LogP contribution in [0.4, 0.5) is 11.4 Å². The van der Waals surface area contributed by atoms with Crippen molar-refractivity contribution in [3.05, 3.63) is 242 Å². The summed E-state index contributed by atoms with van der Waals surface area (Å²) in [5, 5.41) is 7.09. The lowest BCUT2D eigenvalue weighted by Gasteiger charge is -2.27. The summed E-state index contributed by atoms with van der Waals surface area (Å²) in [4.78, 5) is 0. The first-order chi connectivity index (χ1) is 27.8. The minimum Gasteiger partial charge on any atom is -0.253 e. The van der Waals surface area contributed by atoms with Crippen molar-refractivity contribution in [3.8, 4) is 23.7 Å². The van der Waals surface area contributed by atoms with Crippen molar-refractivity contribution in [2.45, 2.75) is 0 Å². The molecule has 2 nitrogen and oxygen atoms in total. The minimum absolute atomic E-state index is 0.828. The zero-order chi connectivity index (χ0) is 37.9. The van der Waals surface area contributed by atoms with E-state index in [-0.39, 0.29) is 0 Å². The Morgan fingerprint density at radius 2 is 0.464 bits per heavy atom. The highest BCUT2D eigenvalue weighted by Crippen LogP contribution is 2.51. The van der Waals surface area contributed by atoms with Gasteiger partial charge in [-0.25, -0.2) is 0 Å². The van der Waals surface area contributed by atoms with Crippen LogP contribution in [0.5, 0.6) is 0 Å². The zero-order valence-electron chi connectivity index (χ0n) is 30.7. The Kier molecular flexibility index (Phi) is 11.2. The van der Waals surface area contributed by atoms with Gasteiger partial charge in [0.15, 0.2) is 0 Å². The van der Waals surface area contributed by atoms with Crippen LogP contribution in [0.2, 0.25) is 0 Å². The molecule has 56 heavy (non-hydrogen) atoms. The van der Waals surface area contributed by atoms with Crippen molar-refractivity contribution in [2.75, 3.05) is 0 Å². The SMILES string of the molecule is C(C#Cc1ccccc1N=P(c1ccccc1)(c1ccccc1)c1ccccc1)#Cc1ccccc1N=P(c1ccccc1)(c1ccccc1)c1ccccc1. The Morgan fingerprint density at radius 3 is 0.714 bits per heavy atom. The normalized spacial score (nSPS) is 10.9. The summed E-state index contributed by atoms with van der Waals surface area (Å²) < 4.78 is 11.5. The van der Waals surface area contributed by atoms with Gasteiger partial charge in [-0.3, -0.25) is 9.49 Å². The van der Waals surface area contributed by atoms with Crippen molar-refractivity contribution in [1.82, 2.24) is 0 Å². The quantitative estimate of drug-likeness (QED) is 0.109. The van der Waals surface area contributed by atoms with Gasteiger partial charge in [-0.15, -0.1) is 0 Å². The summed E-state index contributed by atoms with van der Waals surface area (Å²) in [7, 11) is -4.96. The molecule has 0 saturated carbocycles. The van der Waals surface area contributed by atoms with Gasteiger partial charge in [-0.1, -0.05) is 218 Å². The number of rotatable bonds is 8. The van der Waals surface area contributed by atoms with Crippen LogP contribution in [0.25, 0.3) is 0 Å². The molecule has 0 atom stereocenters. The summed E-state index contributed by atoms with van der Waals surface area (Å²) in [5.41, 5.74) is 3.33. The first-order valence-electron chi connectivity index (χ1n) is 18.6. The van der Waals surface area contributed by atoms with Gasteiger partial charge in [0.2, 0.25) is 0 Å². The summed E-state index contributed by atoms with van der Waals surface area (Å²) in [6.45, 7) is 0. The molecule has 266 valence electrons. The fraction of sp³-hybridized carbons (Fsp3) is 0. The maximum atomic E-state index is 5.73. The van der Waals surface area contributed by atoms with Gasteiger partial charge in [0, 0.05) is 31.8 Å². The molecule has 0 aliphatic rings. The maximum absolute atomic E-state index is 5.73. The molecule has 8 aromatic rings. The number of hydrogen-bond donors (Lipinski definition) is 0. The smallest absolute Gasteiger partial charge is 0.0782 e. The van der Waals surface area contributed by atoms with Crippen LogP contribution >= 0.6 is 14.1 Å². The molecule has 4 heteroatoms. The van der Waals surface area contributed by atoms with Crippen molar-refractivity contribution >= 4 is 57.3 Å². The molecule has 0 radical (unpaired) electrons. The first kappa shape index (κ1) is 36.3. The average Bonchev–Trinajstić information content (AvgIpc) is 3.29. The first-order valence-corrected chi connectivity index (χ1v) is 22.0. The van der Waals surface area contributed by atoms with Crippen LogP contribution in [-0.4, -0.2) is 0 Å². The van der Waals surface area contributed by atoms with Crippen LogP contribution in [0.1, 0.15) is 11.1 Å². The van der Waals surface area contributed by atoms with Crippen LogP contribution in [0, 0.1) is 23.7 Å². The van der Waals surface area contributed by atoms with Gasteiger partial charge in [-0.2, -0.15) is 0 Å². The zero-order valence-corrected chi connectivity index (χ0v) is 32.5. The monoisotopic (exact) mass is 752 g/mol. The Hall–Kier alpha value is -6.66. The van der Waals surface area contributed by atoms with Crippen molar-refractivity contribution in [2.24, 2.45) is 9.49 Å². The second-order valence-electron chi connectivity index (χ2n) is 13.0. The molecule has 0 amide bonds. The summed E-state index contributed by atoms with van der Waals surface area (Å²) in [5.74, 6) is 13.1. The molecule has 0 unspecified atom stereocenters. The fourth-order valence-corrected chi connectivity index (χ4v) is 14.1. The fourth-order valence-electron chi connectivity index (χ4n) is 6.96. The lowest BCUT2D eigenvalue weighted by molar-refractivity contribution is 1.51. The van der Waals surface area contributed by atoms with Gasteiger partial charge in [-0.05, 0) is 36.1 Å². The van der Waals surface area contributed by atoms with E-state index >= 15 is 0 Å². The topological polar surface area (TPSA) is 24.7 Å². The molecule has 0 spiro atoms. The molecular formula is C52H38N2P2. The van der Waals surface area contributed by atoms with E-state index in [0.717, 1.165) is 22.5 Å². The van der Waals surface area contributed by atoms with E-state index in [2.05, 4.69) is 218 Å². The van der Waals surface area contributed by atoms with Gasteiger partial charge >= 0.3 is 0 Å². The van der Waals surface area contributed by atoms with Crippen LogP contribution in [0.15, 0.2) is 240 Å². The third kappa shape index (κ3) is 7.51. The Labute approximate surface area is 330 Å². The molecule has 0 aliphatic carbocycles. The predicted octanol–water partition coefficient (Wildman–Crippen LogP) is 10.7. The van der Waals surface area contributed by atoms with E-state index in [1.807, 2.05) is 36.4 Å². The molecule has 0 fully saturated rings. The van der Waals surface area contributed by atoms with Crippen molar-refractivity contribution in [3.63, 3.8) is 0 Å². The average molecular weight is 753 g/mol. The summed E-state index contributed by atoms with van der Waals surface area (Å²) in [6.07, 6.45) is 0. The van der Waals surface area contributed by atoms with E-state index in [1.165, 1.54) is 31.8 Å². The van der Waals surface area contributed by atoms with Gasteiger partial charge in [0.25, 0.3) is 0 Å². The van der Waals surface area contributed by atoms with Crippen molar-refractivity contribution < 1.29 is 0 Å². The van der Waals surface area contributed by atoms with Gasteiger partial charge in [0.1, 0.15) is 0 Å². The number of hydrogen-bond acceptors (Lipinski definition) is 2. The van der Waals surface area contributed by atoms with E-state index in [4.69, 9.17) is 9.49 Å². The van der Waals surface area contributed by atoms with E-state index in [9.17, 15) is 0 Å². The molecule has 0 N–H and O–H groups in total. The molecule has 0 saturated heterocycles. The second-order valence-corrected chi connectivity index (χ2v) is 19.1. The highest BCUT2D eigenvalue weighted by Gasteiger charge is 2.29. The Balaban J connectivity index is 1.27. The molecule has 8 rings (SSSR count). The van der Waals surface area contributed by atoms with Crippen LogP contribution < -0.4 is 31.8 Å². The van der Waals surface area contributed by atoms with Gasteiger partial charge < -0.3 is 0 Å². The lowest BCUT2D eigenvalue weighted by Crippen LogP contribution is -2.25. The molecule has 0 bridgehead atoms. The standard InChI is InChI=1S/C52H38N2P2/c1-7-29-45(30-8-1)55(46-31-9-2-10-32-46,47-33-11-3-12-34-47)53-51-41-23-21-27-43(51)25-19-20-26-44-28-22-24-42-52(44)54-56(48-35-13-4-14-36-48,49-37-15-5-16-38-49)50-39-17-6-18-40-50/h1-18,21-24,27-42H. The highest BCUT2D eigenvalue weighted by molar-refractivity contribution is 7.88. The minimum atomic E-state index is -2.48. The molecule has 0 heterocycles. The van der Waals surface area contributed by atoms with E-state index < -0.39 is 14.1 Å². The predicted molar refractivity (Wildman–Crippen MR) is 241 cm³/mol. The van der Waals surface area contributed by atoms with Crippen LogP contribution in [0.3, 0.4) is 0 Å². The lowest BCUT2D eigenvalue weighted by atomic mass is 10.2. The molecule has 8 aromatic carbocycles. The summed E-state index contributed by atoms with van der Waals surface area (Å²) >= 11 is 0.